The van der Waals surface area contributed by atoms with Crippen molar-refractivity contribution in [3.05, 3.63) is 48.6 Å². The lowest BCUT2D eigenvalue weighted by molar-refractivity contribution is -0.143. The van der Waals surface area contributed by atoms with Gasteiger partial charge >= 0.3 is 5.97 Å². The van der Waals surface area contributed by atoms with Gasteiger partial charge in [-0.15, -0.1) is 0 Å². The number of carbonyl (C=O) groups is 2. The van der Waals surface area contributed by atoms with Gasteiger partial charge in [0.05, 0.1) is 25.4 Å². The van der Waals surface area contributed by atoms with Crippen molar-refractivity contribution < 1.29 is 24.5 Å². The SMILES string of the molecule is CCCCC/C=C\C/C=C\CCCCCCCCCC(=O)OCCCCCCCCCCCCCC/C=C\CCCCCCCCCCCCCC(=O)NC(CO)C(O)/C=C/CCCCCCCCCCCCCCCCCCCCCCCC. The third-order valence-corrected chi connectivity index (χ3v) is 17.8. The third-order valence-electron chi connectivity index (χ3n) is 17.8. The van der Waals surface area contributed by atoms with Gasteiger partial charge in [0.1, 0.15) is 0 Å². The smallest absolute Gasteiger partial charge is 0.305 e. The second kappa shape index (κ2) is 74.3. The van der Waals surface area contributed by atoms with E-state index in [2.05, 4.69) is 55.6 Å². The van der Waals surface area contributed by atoms with Crippen LogP contribution < -0.4 is 5.32 Å². The normalized spacial score (nSPS) is 12.8. The Bertz CT molecular complexity index is 1420. The Morgan fingerprint density at radius 3 is 0.929 bits per heavy atom. The van der Waals surface area contributed by atoms with Crippen molar-refractivity contribution in [1.82, 2.24) is 5.32 Å². The van der Waals surface area contributed by atoms with Crippen LogP contribution in [0.4, 0.5) is 0 Å². The van der Waals surface area contributed by atoms with Gasteiger partial charge in [-0.1, -0.05) is 364 Å². The maximum absolute atomic E-state index is 12.5. The molecule has 2 atom stereocenters. The minimum Gasteiger partial charge on any atom is -0.466 e. The molecule has 0 radical (unpaired) electrons. The van der Waals surface area contributed by atoms with E-state index < -0.39 is 12.1 Å². The maximum atomic E-state index is 12.5. The largest absolute Gasteiger partial charge is 0.466 e. The number of hydrogen-bond donors (Lipinski definition) is 3. The van der Waals surface area contributed by atoms with Crippen LogP contribution in [0.3, 0.4) is 0 Å². The first-order chi connectivity index (χ1) is 42.0. The summed E-state index contributed by atoms with van der Waals surface area (Å²) >= 11 is 0. The minimum absolute atomic E-state index is 0.00744. The lowest BCUT2D eigenvalue weighted by atomic mass is 10.0. The average Bonchev–Trinajstić information content (AvgIpc) is 3.51. The summed E-state index contributed by atoms with van der Waals surface area (Å²) in [6.45, 7) is 4.91. The molecule has 500 valence electrons. The molecule has 3 N–H and O–H groups in total. The van der Waals surface area contributed by atoms with Crippen molar-refractivity contribution in [3.63, 3.8) is 0 Å². The highest BCUT2D eigenvalue weighted by molar-refractivity contribution is 5.76. The first kappa shape index (κ1) is 82.8. The summed E-state index contributed by atoms with van der Waals surface area (Å²) in [5.74, 6) is -0.0573. The molecule has 2 unspecified atom stereocenters. The van der Waals surface area contributed by atoms with Gasteiger partial charge < -0.3 is 20.3 Å². The van der Waals surface area contributed by atoms with Crippen LogP contribution in [-0.2, 0) is 14.3 Å². The molecule has 0 aromatic carbocycles. The second-order valence-corrected chi connectivity index (χ2v) is 26.3. The van der Waals surface area contributed by atoms with Gasteiger partial charge in [-0.25, -0.2) is 0 Å². The molecule has 1 amide bonds. The van der Waals surface area contributed by atoms with Crippen LogP contribution in [0.1, 0.15) is 418 Å². The molecule has 0 rings (SSSR count). The van der Waals surface area contributed by atoms with Crippen LogP contribution >= 0.6 is 0 Å². The highest BCUT2D eigenvalue weighted by Gasteiger charge is 2.18. The lowest BCUT2D eigenvalue weighted by Crippen LogP contribution is -2.45. The minimum atomic E-state index is -0.847. The standard InChI is InChI=1S/C79H149NO5/c1-3-5-7-9-11-13-15-17-19-21-22-23-24-30-33-36-40-43-47-51-55-59-63-67-71-77(82)76(75-81)80-78(83)72-68-64-60-56-52-48-44-41-37-34-31-28-26-25-27-29-32-35-38-42-46-50-54-58-62-66-70-74-85-79(84)73-69-65-61-57-53-49-45-39-20-18-16-14-12-10-8-6-4-2/h12,14,18,20,25-26,67,71,76-77,81-82H,3-11,13,15-17,19,21-24,27-66,68-70,72-75H2,1-2H3,(H,80,83)/b14-12-,20-18-,26-25-,71-67+. The van der Waals surface area contributed by atoms with Crippen LogP contribution in [0.5, 0.6) is 0 Å². The molecule has 0 aromatic rings. The molecule has 0 aromatic heterocycles. The molecule has 0 bridgehead atoms. The predicted molar refractivity (Wildman–Crippen MR) is 375 cm³/mol. The van der Waals surface area contributed by atoms with Gasteiger partial charge in [-0.2, -0.15) is 0 Å². The van der Waals surface area contributed by atoms with Gasteiger partial charge in [0, 0.05) is 12.8 Å². The quantitative estimate of drug-likeness (QED) is 0.0320. The molecule has 85 heavy (non-hydrogen) atoms. The van der Waals surface area contributed by atoms with E-state index in [1.165, 1.54) is 340 Å². The number of ether oxygens (including phenoxy) is 1. The number of esters is 1. The van der Waals surface area contributed by atoms with Crippen LogP contribution in [0.15, 0.2) is 48.6 Å². The van der Waals surface area contributed by atoms with Gasteiger partial charge in [0.15, 0.2) is 0 Å². The molecule has 0 aliphatic carbocycles. The Balaban J connectivity index is 3.41. The number of aliphatic hydroxyl groups excluding tert-OH is 2. The molecule has 6 heteroatoms. The zero-order valence-electron chi connectivity index (χ0n) is 57.4. The van der Waals surface area contributed by atoms with Gasteiger partial charge in [-0.3, -0.25) is 9.59 Å². The summed E-state index contributed by atoms with van der Waals surface area (Å²) in [6, 6.07) is -0.631. The van der Waals surface area contributed by atoms with Crippen LogP contribution in [0.2, 0.25) is 0 Å². The van der Waals surface area contributed by atoms with Gasteiger partial charge in [0.25, 0.3) is 0 Å². The maximum Gasteiger partial charge on any atom is 0.305 e. The number of allylic oxidation sites excluding steroid dienone is 7. The van der Waals surface area contributed by atoms with Crippen molar-refractivity contribution in [1.29, 1.82) is 0 Å². The molecule has 0 saturated heterocycles. The average molecular weight is 1190 g/mol. The Morgan fingerprint density at radius 2 is 0.588 bits per heavy atom. The summed E-state index contributed by atoms with van der Waals surface area (Å²) in [7, 11) is 0. The molecule has 0 aliphatic heterocycles. The Morgan fingerprint density at radius 1 is 0.329 bits per heavy atom. The van der Waals surface area contributed by atoms with E-state index >= 15 is 0 Å². The molecular formula is C79H149NO5. The highest BCUT2D eigenvalue weighted by atomic mass is 16.5. The summed E-state index contributed by atoms with van der Waals surface area (Å²) in [5.41, 5.74) is 0. The number of aliphatic hydroxyl groups is 2. The van der Waals surface area contributed by atoms with Crippen molar-refractivity contribution in [2.45, 2.75) is 431 Å². The molecular weight excluding hydrogens is 1040 g/mol. The first-order valence-electron chi connectivity index (χ1n) is 38.4. The first-order valence-corrected chi connectivity index (χ1v) is 38.4. The van der Waals surface area contributed by atoms with E-state index in [0.29, 0.717) is 19.4 Å². The number of hydrogen-bond acceptors (Lipinski definition) is 5. The molecule has 0 fully saturated rings. The number of unbranched alkanes of at least 4 members (excludes halogenated alkanes) is 55. The predicted octanol–water partition coefficient (Wildman–Crippen LogP) is 25.2. The number of nitrogens with one attached hydrogen (secondary N) is 1. The third kappa shape index (κ3) is 70.8. The van der Waals surface area contributed by atoms with Crippen molar-refractivity contribution in [2.24, 2.45) is 0 Å². The highest BCUT2D eigenvalue weighted by Crippen LogP contribution is 2.19. The van der Waals surface area contributed by atoms with E-state index in [-0.39, 0.29) is 18.5 Å². The van der Waals surface area contributed by atoms with E-state index in [9.17, 15) is 19.8 Å². The summed E-state index contributed by atoms with van der Waals surface area (Å²) < 4.78 is 5.50. The Kier molecular flexibility index (Phi) is 72.4. The fraction of sp³-hybridized carbons (Fsp3) is 0.873. The molecule has 0 saturated carbocycles. The fourth-order valence-electron chi connectivity index (χ4n) is 12.0. The molecule has 0 heterocycles. The van der Waals surface area contributed by atoms with Crippen LogP contribution in [0.25, 0.3) is 0 Å². The van der Waals surface area contributed by atoms with E-state index in [0.717, 1.165) is 51.4 Å². The number of carbonyl (C=O) groups excluding carboxylic acids is 2. The van der Waals surface area contributed by atoms with Crippen molar-refractivity contribution in [3.8, 4) is 0 Å². The van der Waals surface area contributed by atoms with Crippen molar-refractivity contribution >= 4 is 11.9 Å². The van der Waals surface area contributed by atoms with Crippen LogP contribution in [0, 0.1) is 0 Å². The van der Waals surface area contributed by atoms with Crippen molar-refractivity contribution in [2.75, 3.05) is 13.2 Å². The van der Waals surface area contributed by atoms with E-state index in [4.69, 9.17) is 4.74 Å². The number of amides is 1. The van der Waals surface area contributed by atoms with E-state index in [1.807, 2.05) is 6.08 Å². The summed E-state index contributed by atoms with van der Waals surface area (Å²) in [5, 5.41) is 23.3. The fourth-order valence-corrected chi connectivity index (χ4v) is 12.0. The molecule has 0 spiro atoms. The van der Waals surface area contributed by atoms with Crippen LogP contribution in [-0.4, -0.2) is 47.4 Å². The topological polar surface area (TPSA) is 95.9 Å². The van der Waals surface area contributed by atoms with Gasteiger partial charge in [-0.05, 0) is 89.9 Å². The lowest BCUT2D eigenvalue weighted by Gasteiger charge is -2.20. The number of rotatable bonds is 72. The monoisotopic (exact) mass is 1190 g/mol. The van der Waals surface area contributed by atoms with Gasteiger partial charge in [0.2, 0.25) is 5.91 Å². The molecule has 6 nitrogen and oxygen atoms in total. The zero-order chi connectivity index (χ0) is 61.3. The Labute approximate surface area is 531 Å². The molecule has 0 aliphatic rings. The van der Waals surface area contributed by atoms with E-state index in [1.54, 1.807) is 6.08 Å². The zero-order valence-corrected chi connectivity index (χ0v) is 57.4. The summed E-state index contributed by atoms with van der Waals surface area (Å²) in [4.78, 5) is 24.6. The summed E-state index contributed by atoms with van der Waals surface area (Å²) in [6.07, 6.45) is 97.8. The second-order valence-electron chi connectivity index (χ2n) is 26.3. The Hall–Kier alpha value is -2.18.